The van der Waals surface area contributed by atoms with Crippen LogP contribution in [0.2, 0.25) is 0 Å². The van der Waals surface area contributed by atoms with Crippen molar-refractivity contribution in [2.75, 3.05) is 6.54 Å². The van der Waals surface area contributed by atoms with E-state index in [1.54, 1.807) is 0 Å². The Kier molecular flexibility index (Phi) is 4.13. The quantitative estimate of drug-likeness (QED) is 0.607. The molecule has 0 bridgehead atoms. The molecular formula is C15H20N2. The SMILES string of the molecule is CC(C)CNNCc1cccc2ccccc12. The molecule has 0 spiro atoms. The van der Waals surface area contributed by atoms with Gasteiger partial charge in [-0.25, -0.2) is 0 Å². The van der Waals surface area contributed by atoms with E-state index >= 15 is 0 Å². The molecule has 17 heavy (non-hydrogen) atoms. The van der Waals surface area contributed by atoms with Crippen LogP contribution in [0.1, 0.15) is 19.4 Å². The summed E-state index contributed by atoms with van der Waals surface area (Å²) in [7, 11) is 0. The summed E-state index contributed by atoms with van der Waals surface area (Å²) >= 11 is 0. The lowest BCUT2D eigenvalue weighted by atomic mass is 10.1. The Bertz CT molecular complexity index is 472. The van der Waals surface area contributed by atoms with Gasteiger partial charge < -0.3 is 0 Å². The number of fused-ring (bicyclic) bond motifs is 1. The number of nitrogens with one attached hydrogen (secondary N) is 2. The monoisotopic (exact) mass is 228 g/mol. The maximum atomic E-state index is 3.28. The lowest BCUT2D eigenvalue weighted by molar-refractivity contribution is 0.469. The lowest BCUT2D eigenvalue weighted by Crippen LogP contribution is -2.34. The summed E-state index contributed by atoms with van der Waals surface area (Å²) in [6, 6.07) is 14.9. The summed E-state index contributed by atoms with van der Waals surface area (Å²) in [5.41, 5.74) is 7.86. The Morgan fingerprint density at radius 2 is 1.71 bits per heavy atom. The van der Waals surface area contributed by atoms with Crippen LogP contribution in [-0.4, -0.2) is 6.54 Å². The molecule has 0 fully saturated rings. The average Bonchev–Trinajstić information content (AvgIpc) is 2.34. The third-order valence-electron chi connectivity index (χ3n) is 2.79. The maximum Gasteiger partial charge on any atom is 0.0357 e. The van der Waals surface area contributed by atoms with Crippen LogP contribution in [0.5, 0.6) is 0 Å². The molecule has 0 aliphatic rings. The highest BCUT2D eigenvalue weighted by molar-refractivity contribution is 5.85. The number of hydrogen-bond donors (Lipinski definition) is 2. The van der Waals surface area contributed by atoms with E-state index in [2.05, 4.69) is 67.2 Å². The molecule has 0 atom stereocenters. The minimum atomic E-state index is 0.662. The molecule has 0 saturated carbocycles. The molecule has 0 aliphatic carbocycles. The van der Waals surface area contributed by atoms with Crippen molar-refractivity contribution in [1.82, 2.24) is 10.9 Å². The van der Waals surface area contributed by atoms with Crippen LogP contribution in [0, 0.1) is 5.92 Å². The Morgan fingerprint density at radius 1 is 0.941 bits per heavy atom. The first-order valence-electron chi connectivity index (χ1n) is 6.19. The molecule has 2 nitrogen and oxygen atoms in total. The number of hydrogen-bond acceptors (Lipinski definition) is 2. The molecule has 2 aromatic rings. The predicted octanol–water partition coefficient (Wildman–Crippen LogP) is 3.09. The summed E-state index contributed by atoms with van der Waals surface area (Å²) in [5.74, 6) is 0.662. The summed E-state index contributed by atoms with van der Waals surface area (Å²) < 4.78 is 0. The van der Waals surface area contributed by atoms with Gasteiger partial charge in [0, 0.05) is 13.1 Å². The number of rotatable bonds is 5. The Labute approximate surface area is 103 Å². The second kappa shape index (κ2) is 5.80. The van der Waals surface area contributed by atoms with E-state index in [0.717, 1.165) is 13.1 Å². The fourth-order valence-corrected chi connectivity index (χ4v) is 1.88. The van der Waals surface area contributed by atoms with Crippen LogP contribution >= 0.6 is 0 Å². The fourth-order valence-electron chi connectivity index (χ4n) is 1.88. The van der Waals surface area contributed by atoms with E-state index in [1.807, 2.05) is 0 Å². The summed E-state index contributed by atoms with van der Waals surface area (Å²) in [4.78, 5) is 0. The zero-order valence-corrected chi connectivity index (χ0v) is 10.5. The van der Waals surface area contributed by atoms with E-state index in [0.29, 0.717) is 5.92 Å². The molecule has 90 valence electrons. The second-order valence-corrected chi connectivity index (χ2v) is 4.77. The Morgan fingerprint density at radius 3 is 2.53 bits per heavy atom. The topological polar surface area (TPSA) is 24.1 Å². The van der Waals surface area contributed by atoms with Crippen molar-refractivity contribution in [2.45, 2.75) is 20.4 Å². The van der Waals surface area contributed by atoms with Crippen LogP contribution in [0.4, 0.5) is 0 Å². The van der Waals surface area contributed by atoms with E-state index < -0.39 is 0 Å². The predicted molar refractivity (Wildman–Crippen MR) is 73.6 cm³/mol. The standard InChI is InChI=1S/C15H20N2/c1-12(2)10-16-17-11-14-8-5-7-13-6-3-4-9-15(13)14/h3-9,12,16-17H,10-11H2,1-2H3. The highest BCUT2D eigenvalue weighted by Crippen LogP contribution is 2.17. The molecule has 0 saturated heterocycles. The maximum absolute atomic E-state index is 3.28. The molecule has 0 unspecified atom stereocenters. The van der Waals surface area contributed by atoms with Crippen LogP contribution in [-0.2, 0) is 6.54 Å². The normalized spacial score (nSPS) is 11.2. The minimum absolute atomic E-state index is 0.662. The van der Waals surface area contributed by atoms with Crippen molar-refractivity contribution in [1.29, 1.82) is 0 Å². The third-order valence-corrected chi connectivity index (χ3v) is 2.79. The van der Waals surface area contributed by atoms with Gasteiger partial charge in [-0.05, 0) is 22.3 Å². The summed E-state index contributed by atoms with van der Waals surface area (Å²) in [6.07, 6.45) is 0. The van der Waals surface area contributed by atoms with Crippen LogP contribution in [0.25, 0.3) is 10.8 Å². The van der Waals surface area contributed by atoms with Gasteiger partial charge in [0.2, 0.25) is 0 Å². The van der Waals surface area contributed by atoms with Gasteiger partial charge in [-0.2, -0.15) is 0 Å². The van der Waals surface area contributed by atoms with Crippen molar-refractivity contribution in [2.24, 2.45) is 5.92 Å². The highest BCUT2D eigenvalue weighted by Gasteiger charge is 1.99. The van der Waals surface area contributed by atoms with Gasteiger partial charge in [0.25, 0.3) is 0 Å². The van der Waals surface area contributed by atoms with Crippen molar-refractivity contribution in [3.05, 3.63) is 48.0 Å². The molecule has 2 rings (SSSR count). The van der Waals surface area contributed by atoms with Crippen LogP contribution < -0.4 is 10.9 Å². The van der Waals surface area contributed by atoms with Gasteiger partial charge in [0.05, 0.1) is 0 Å². The van der Waals surface area contributed by atoms with Gasteiger partial charge in [-0.3, -0.25) is 10.9 Å². The van der Waals surface area contributed by atoms with Crippen molar-refractivity contribution < 1.29 is 0 Å². The van der Waals surface area contributed by atoms with E-state index in [1.165, 1.54) is 16.3 Å². The molecule has 2 heteroatoms. The van der Waals surface area contributed by atoms with E-state index in [9.17, 15) is 0 Å². The third kappa shape index (κ3) is 3.29. The molecule has 2 aromatic carbocycles. The van der Waals surface area contributed by atoms with Gasteiger partial charge >= 0.3 is 0 Å². The minimum Gasteiger partial charge on any atom is -0.257 e. The van der Waals surface area contributed by atoms with E-state index in [4.69, 9.17) is 0 Å². The Hall–Kier alpha value is -1.38. The molecule has 0 radical (unpaired) electrons. The van der Waals surface area contributed by atoms with Crippen molar-refractivity contribution in [3.8, 4) is 0 Å². The first-order chi connectivity index (χ1) is 8.27. The van der Waals surface area contributed by atoms with Crippen LogP contribution in [0.15, 0.2) is 42.5 Å². The number of benzene rings is 2. The molecule has 0 heterocycles. The molecule has 0 aromatic heterocycles. The average molecular weight is 228 g/mol. The van der Waals surface area contributed by atoms with Gasteiger partial charge in [-0.1, -0.05) is 56.3 Å². The largest absolute Gasteiger partial charge is 0.257 e. The van der Waals surface area contributed by atoms with Crippen molar-refractivity contribution >= 4 is 10.8 Å². The molecule has 2 N–H and O–H groups in total. The summed E-state index contributed by atoms with van der Waals surface area (Å²) in [6.45, 7) is 6.25. The summed E-state index contributed by atoms with van der Waals surface area (Å²) in [5, 5.41) is 2.63. The van der Waals surface area contributed by atoms with Crippen molar-refractivity contribution in [3.63, 3.8) is 0 Å². The van der Waals surface area contributed by atoms with Gasteiger partial charge in [-0.15, -0.1) is 0 Å². The van der Waals surface area contributed by atoms with Crippen LogP contribution in [0.3, 0.4) is 0 Å². The highest BCUT2D eigenvalue weighted by atomic mass is 15.3. The molecule has 0 aliphatic heterocycles. The zero-order chi connectivity index (χ0) is 12.1. The fraction of sp³-hybridized carbons (Fsp3) is 0.333. The first-order valence-corrected chi connectivity index (χ1v) is 6.19. The smallest absolute Gasteiger partial charge is 0.0357 e. The second-order valence-electron chi connectivity index (χ2n) is 4.77. The number of hydrazine groups is 1. The zero-order valence-electron chi connectivity index (χ0n) is 10.5. The first kappa shape index (κ1) is 12.1. The molecule has 0 amide bonds. The van der Waals surface area contributed by atoms with Gasteiger partial charge in [0.15, 0.2) is 0 Å². The molecular weight excluding hydrogens is 208 g/mol. The lowest BCUT2D eigenvalue weighted by Gasteiger charge is -2.11. The van der Waals surface area contributed by atoms with E-state index in [-0.39, 0.29) is 0 Å². The van der Waals surface area contributed by atoms with Gasteiger partial charge in [0.1, 0.15) is 0 Å². The Balaban J connectivity index is 2.03.